The predicted molar refractivity (Wildman–Crippen MR) is 103 cm³/mol. The highest BCUT2D eigenvalue weighted by molar-refractivity contribution is 7.08. The number of benzene rings is 1. The van der Waals surface area contributed by atoms with Crippen LogP contribution in [0, 0.1) is 0 Å². The van der Waals surface area contributed by atoms with Crippen molar-refractivity contribution in [3.63, 3.8) is 0 Å². The molecule has 0 spiro atoms. The summed E-state index contributed by atoms with van der Waals surface area (Å²) in [5.74, 6) is 0.340. The van der Waals surface area contributed by atoms with Gasteiger partial charge in [0.15, 0.2) is 0 Å². The highest BCUT2D eigenvalue weighted by Gasteiger charge is 2.14. The molecule has 0 unspecified atom stereocenters. The van der Waals surface area contributed by atoms with E-state index in [9.17, 15) is 9.59 Å². The van der Waals surface area contributed by atoms with E-state index in [-0.39, 0.29) is 6.54 Å². The molecule has 0 bridgehead atoms. The zero-order chi connectivity index (χ0) is 18.5. The average molecular weight is 368 g/mol. The lowest BCUT2D eigenvalue weighted by Gasteiger charge is -2.08. The molecule has 2 amide bonds. The molecule has 0 radical (unpaired) electrons. The number of carbonyl (C=O) groups excluding carboxylic acids is 2. The quantitative estimate of drug-likeness (QED) is 0.656. The van der Waals surface area contributed by atoms with Crippen LogP contribution >= 0.6 is 11.3 Å². The van der Waals surface area contributed by atoms with Crippen LogP contribution in [0.3, 0.4) is 0 Å². The van der Waals surface area contributed by atoms with E-state index in [0.29, 0.717) is 17.4 Å². The Bertz CT molecular complexity index is 880. The summed E-state index contributed by atoms with van der Waals surface area (Å²) in [6.45, 7) is 4.35. The summed E-state index contributed by atoms with van der Waals surface area (Å²) in [7, 11) is 0. The second-order valence-electron chi connectivity index (χ2n) is 6.19. The van der Waals surface area contributed by atoms with Crippen molar-refractivity contribution in [2.24, 2.45) is 0 Å². The highest BCUT2D eigenvalue weighted by Crippen LogP contribution is 2.24. The van der Waals surface area contributed by atoms with Crippen LogP contribution in [0.5, 0.6) is 0 Å². The Kier molecular flexibility index (Phi) is 5.53. The third-order valence-electron chi connectivity index (χ3n) is 3.93. The fourth-order valence-electron chi connectivity index (χ4n) is 2.42. The zero-order valence-corrected chi connectivity index (χ0v) is 15.4. The lowest BCUT2D eigenvalue weighted by Crippen LogP contribution is -2.34. The van der Waals surface area contributed by atoms with E-state index >= 15 is 0 Å². The molecule has 2 aromatic heterocycles. The standard InChI is InChI=1S/C20H20N2O3S/c1-13(2)14-3-5-16(6-4-14)22-20(24)19(23)21-11-17-7-8-18(25-17)15-9-10-26-12-15/h3-10,12-13H,11H2,1-2H3,(H,21,23)(H,22,24). The number of anilines is 1. The number of rotatable bonds is 5. The molecule has 0 aliphatic rings. The SMILES string of the molecule is CC(C)c1ccc(NC(=O)C(=O)NCc2ccc(-c3ccsc3)o2)cc1. The second kappa shape index (κ2) is 8.01. The van der Waals surface area contributed by atoms with Crippen molar-refractivity contribution in [3.8, 4) is 11.3 Å². The van der Waals surface area contributed by atoms with Gasteiger partial charge in [-0.05, 0) is 47.2 Å². The average Bonchev–Trinajstić information content (AvgIpc) is 3.31. The number of amides is 2. The molecule has 3 aromatic rings. The van der Waals surface area contributed by atoms with Crippen LogP contribution in [0.25, 0.3) is 11.3 Å². The van der Waals surface area contributed by atoms with Gasteiger partial charge in [-0.2, -0.15) is 11.3 Å². The summed E-state index contributed by atoms with van der Waals surface area (Å²) in [6.07, 6.45) is 0. The maximum Gasteiger partial charge on any atom is 0.313 e. The van der Waals surface area contributed by atoms with Gasteiger partial charge in [-0.3, -0.25) is 9.59 Å². The van der Waals surface area contributed by atoms with Crippen molar-refractivity contribution in [3.05, 3.63) is 64.5 Å². The lowest BCUT2D eigenvalue weighted by molar-refractivity contribution is -0.136. The van der Waals surface area contributed by atoms with Crippen LogP contribution in [0.1, 0.15) is 31.1 Å². The van der Waals surface area contributed by atoms with Crippen LogP contribution in [0.4, 0.5) is 5.69 Å². The Morgan fingerprint density at radius 3 is 2.46 bits per heavy atom. The van der Waals surface area contributed by atoms with E-state index in [1.807, 2.05) is 35.0 Å². The Labute approximate surface area is 156 Å². The molecule has 0 aliphatic carbocycles. The Hall–Kier alpha value is -2.86. The molecule has 2 heterocycles. The number of hydrogen-bond donors (Lipinski definition) is 2. The van der Waals surface area contributed by atoms with E-state index in [1.54, 1.807) is 29.5 Å². The summed E-state index contributed by atoms with van der Waals surface area (Å²) >= 11 is 1.59. The Balaban J connectivity index is 1.52. The van der Waals surface area contributed by atoms with Crippen LogP contribution in [0.15, 0.2) is 57.6 Å². The van der Waals surface area contributed by atoms with Gasteiger partial charge in [-0.1, -0.05) is 26.0 Å². The lowest BCUT2D eigenvalue weighted by atomic mass is 10.0. The van der Waals surface area contributed by atoms with Crippen LogP contribution in [-0.2, 0) is 16.1 Å². The van der Waals surface area contributed by atoms with Gasteiger partial charge in [0.2, 0.25) is 0 Å². The van der Waals surface area contributed by atoms with Gasteiger partial charge in [0, 0.05) is 16.6 Å². The molecule has 0 saturated carbocycles. The second-order valence-corrected chi connectivity index (χ2v) is 6.97. The first-order chi connectivity index (χ1) is 12.5. The maximum atomic E-state index is 12.0. The fraction of sp³-hybridized carbons (Fsp3) is 0.200. The predicted octanol–water partition coefficient (Wildman–Crippen LogP) is 4.39. The number of furan rings is 1. The summed E-state index contributed by atoms with van der Waals surface area (Å²) in [4.78, 5) is 24.0. The van der Waals surface area contributed by atoms with Crippen molar-refractivity contribution in [2.45, 2.75) is 26.3 Å². The van der Waals surface area contributed by atoms with E-state index in [1.165, 1.54) is 5.56 Å². The van der Waals surface area contributed by atoms with E-state index in [0.717, 1.165) is 11.3 Å². The van der Waals surface area contributed by atoms with E-state index in [4.69, 9.17) is 4.42 Å². The molecule has 5 nitrogen and oxygen atoms in total. The Morgan fingerprint density at radius 2 is 1.81 bits per heavy atom. The van der Waals surface area contributed by atoms with E-state index < -0.39 is 11.8 Å². The van der Waals surface area contributed by atoms with Crippen molar-refractivity contribution < 1.29 is 14.0 Å². The van der Waals surface area contributed by atoms with Crippen LogP contribution in [0.2, 0.25) is 0 Å². The maximum absolute atomic E-state index is 12.0. The summed E-state index contributed by atoms with van der Waals surface area (Å²) in [5.41, 5.74) is 2.76. The van der Waals surface area contributed by atoms with Gasteiger partial charge in [-0.25, -0.2) is 0 Å². The highest BCUT2D eigenvalue weighted by atomic mass is 32.1. The van der Waals surface area contributed by atoms with Gasteiger partial charge in [-0.15, -0.1) is 0 Å². The summed E-state index contributed by atoms with van der Waals surface area (Å²) in [5, 5.41) is 9.11. The third-order valence-corrected chi connectivity index (χ3v) is 4.62. The topological polar surface area (TPSA) is 71.3 Å². The molecule has 134 valence electrons. The minimum atomic E-state index is -0.702. The molecule has 2 N–H and O–H groups in total. The van der Waals surface area contributed by atoms with Gasteiger partial charge in [0.1, 0.15) is 11.5 Å². The molecular weight excluding hydrogens is 348 g/mol. The molecule has 1 aromatic carbocycles. The molecule has 0 atom stereocenters. The van der Waals surface area contributed by atoms with Crippen LogP contribution in [-0.4, -0.2) is 11.8 Å². The molecule has 0 fully saturated rings. The van der Waals surface area contributed by atoms with Crippen molar-refractivity contribution in [1.29, 1.82) is 0 Å². The number of carbonyl (C=O) groups is 2. The third kappa shape index (κ3) is 4.40. The molecule has 0 aliphatic heterocycles. The number of thiophene rings is 1. The zero-order valence-electron chi connectivity index (χ0n) is 14.6. The summed E-state index contributed by atoms with van der Waals surface area (Å²) in [6, 6.07) is 13.1. The molecular formula is C20H20N2O3S. The van der Waals surface area contributed by atoms with Gasteiger partial charge in [0.25, 0.3) is 0 Å². The molecule has 26 heavy (non-hydrogen) atoms. The summed E-state index contributed by atoms with van der Waals surface area (Å²) < 4.78 is 5.67. The smallest absolute Gasteiger partial charge is 0.313 e. The minimum Gasteiger partial charge on any atom is -0.459 e. The number of nitrogens with one attached hydrogen (secondary N) is 2. The van der Waals surface area contributed by atoms with Gasteiger partial charge in [0.05, 0.1) is 6.54 Å². The van der Waals surface area contributed by atoms with Gasteiger partial charge >= 0.3 is 11.8 Å². The first-order valence-electron chi connectivity index (χ1n) is 8.33. The molecule has 0 saturated heterocycles. The van der Waals surface area contributed by atoms with Crippen molar-refractivity contribution in [2.75, 3.05) is 5.32 Å². The van der Waals surface area contributed by atoms with Crippen molar-refractivity contribution in [1.82, 2.24) is 5.32 Å². The molecule has 3 rings (SSSR count). The monoisotopic (exact) mass is 368 g/mol. The minimum absolute atomic E-state index is 0.155. The van der Waals surface area contributed by atoms with Crippen molar-refractivity contribution >= 4 is 28.8 Å². The Morgan fingerprint density at radius 1 is 1.04 bits per heavy atom. The van der Waals surface area contributed by atoms with Gasteiger partial charge < -0.3 is 15.1 Å². The largest absolute Gasteiger partial charge is 0.459 e. The fourth-order valence-corrected chi connectivity index (χ4v) is 3.06. The first-order valence-corrected chi connectivity index (χ1v) is 9.27. The first kappa shape index (κ1) is 17.9. The van der Waals surface area contributed by atoms with E-state index in [2.05, 4.69) is 24.5 Å². The molecule has 6 heteroatoms. The van der Waals surface area contributed by atoms with Crippen LogP contribution < -0.4 is 10.6 Å². The number of hydrogen-bond acceptors (Lipinski definition) is 4. The normalized spacial score (nSPS) is 10.7.